The van der Waals surface area contributed by atoms with E-state index in [0.717, 1.165) is 11.6 Å². The lowest BCUT2D eigenvalue weighted by atomic mass is 10.1. The van der Waals surface area contributed by atoms with E-state index in [1.54, 1.807) is 10.9 Å². The molecule has 1 aromatic rings. The van der Waals surface area contributed by atoms with Gasteiger partial charge < -0.3 is 5.73 Å². The van der Waals surface area contributed by atoms with Gasteiger partial charge in [-0.05, 0) is 18.3 Å². The molecule has 0 aromatic carbocycles. The fourth-order valence-electron chi connectivity index (χ4n) is 1.67. The van der Waals surface area contributed by atoms with Gasteiger partial charge >= 0.3 is 0 Å². The van der Waals surface area contributed by atoms with Crippen LogP contribution in [0.25, 0.3) is 0 Å². The van der Waals surface area contributed by atoms with Gasteiger partial charge in [-0.2, -0.15) is 0 Å². The van der Waals surface area contributed by atoms with Gasteiger partial charge in [0.15, 0.2) is 0 Å². The summed E-state index contributed by atoms with van der Waals surface area (Å²) in [6, 6.07) is 0.125. The maximum Gasteiger partial charge on any atom is 0.0753 e. The van der Waals surface area contributed by atoms with Crippen molar-refractivity contribution >= 4 is 0 Å². The van der Waals surface area contributed by atoms with Crippen LogP contribution in [-0.2, 0) is 7.05 Å². The van der Waals surface area contributed by atoms with Crippen LogP contribution in [0.15, 0.2) is 6.20 Å². The van der Waals surface area contributed by atoms with E-state index in [2.05, 4.69) is 17.2 Å². The van der Waals surface area contributed by atoms with Crippen LogP contribution in [0.5, 0.6) is 0 Å². The van der Waals surface area contributed by atoms with Crippen molar-refractivity contribution in [1.29, 1.82) is 0 Å². The average molecular weight is 166 g/mol. The van der Waals surface area contributed by atoms with Crippen LogP contribution >= 0.6 is 0 Å². The summed E-state index contributed by atoms with van der Waals surface area (Å²) in [5, 5.41) is 7.67. The fraction of sp³-hybridized carbons (Fsp3) is 0.750. The zero-order valence-electron chi connectivity index (χ0n) is 7.44. The number of rotatable bonds is 2. The zero-order chi connectivity index (χ0) is 8.72. The third kappa shape index (κ3) is 1.12. The van der Waals surface area contributed by atoms with Gasteiger partial charge in [0.25, 0.3) is 0 Å². The van der Waals surface area contributed by atoms with E-state index in [9.17, 15) is 0 Å². The molecule has 4 heteroatoms. The van der Waals surface area contributed by atoms with Crippen molar-refractivity contribution in [2.75, 3.05) is 0 Å². The van der Waals surface area contributed by atoms with Crippen molar-refractivity contribution < 1.29 is 0 Å². The molecule has 3 unspecified atom stereocenters. The monoisotopic (exact) mass is 166 g/mol. The topological polar surface area (TPSA) is 56.7 Å². The average Bonchev–Trinajstić information content (AvgIpc) is 2.59. The highest BCUT2D eigenvalue weighted by atomic mass is 15.4. The third-order valence-corrected chi connectivity index (χ3v) is 2.72. The summed E-state index contributed by atoms with van der Waals surface area (Å²) in [5.41, 5.74) is 7.08. The van der Waals surface area contributed by atoms with Crippen molar-refractivity contribution in [3.8, 4) is 0 Å². The van der Waals surface area contributed by atoms with Crippen LogP contribution in [-0.4, -0.2) is 15.0 Å². The molecule has 12 heavy (non-hydrogen) atoms. The van der Waals surface area contributed by atoms with Crippen molar-refractivity contribution in [3.05, 3.63) is 11.9 Å². The van der Waals surface area contributed by atoms with Gasteiger partial charge in [0, 0.05) is 7.05 Å². The van der Waals surface area contributed by atoms with Gasteiger partial charge in [0.05, 0.1) is 17.9 Å². The van der Waals surface area contributed by atoms with E-state index < -0.39 is 0 Å². The minimum Gasteiger partial charge on any atom is -0.322 e. The Bertz CT molecular complexity index is 280. The number of nitrogens with zero attached hydrogens (tertiary/aromatic N) is 3. The standard InChI is InChI=1S/C8H14N4/c1-5-3-6(5)8(9)7-4-10-11-12(7)2/h4-6,8H,3,9H2,1-2H3. The zero-order valence-corrected chi connectivity index (χ0v) is 7.44. The number of hydrogen-bond acceptors (Lipinski definition) is 3. The molecule has 2 rings (SSSR count). The smallest absolute Gasteiger partial charge is 0.0753 e. The summed E-state index contributed by atoms with van der Waals surface area (Å²) in [7, 11) is 1.88. The lowest BCUT2D eigenvalue weighted by Gasteiger charge is -2.09. The molecule has 0 amide bonds. The van der Waals surface area contributed by atoms with E-state index in [1.165, 1.54) is 6.42 Å². The SMILES string of the molecule is CC1CC1C(N)c1cnnn1C. The van der Waals surface area contributed by atoms with E-state index in [-0.39, 0.29) is 6.04 Å². The van der Waals surface area contributed by atoms with Crippen LogP contribution in [0.4, 0.5) is 0 Å². The maximum absolute atomic E-state index is 6.04. The summed E-state index contributed by atoms with van der Waals surface area (Å²) in [6.45, 7) is 2.23. The van der Waals surface area contributed by atoms with Crippen molar-refractivity contribution in [2.45, 2.75) is 19.4 Å². The van der Waals surface area contributed by atoms with E-state index in [1.807, 2.05) is 7.05 Å². The number of nitrogens with two attached hydrogens (primary N) is 1. The van der Waals surface area contributed by atoms with Gasteiger partial charge in [-0.3, -0.25) is 4.68 Å². The van der Waals surface area contributed by atoms with E-state index >= 15 is 0 Å². The van der Waals surface area contributed by atoms with E-state index in [4.69, 9.17) is 5.73 Å². The second-order valence-corrected chi connectivity index (χ2v) is 3.69. The second kappa shape index (κ2) is 2.55. The van der Waals surface area contributed by atoms with Gasteiger partial charge in [-0.25, -0.2) is 0 Å². The molecule has 0 bridgehead atoms. The molecule has 1 saturated carbocycles. The molecule has 0 spiro atoms. The molecule has 1 aliphatic carbocycles. The molecule has 2 N–H and O–H groups in total. The minimum absolute atomic E-state index is 0.125. The van der Waals surface area contributed by atoms with Gasteiger partial charge in [0.2, 0.25) is 0 Å². The molecule has 66 valence electrons. The molecular weight excluding hydrogens is 152 g/mol. The quantitative estimate of drug-likeness (QED) is 0.694. The Morgan fingerprint density at radius 3 is 2.83 bits per heavy atom. The van der Waals surface area contributed by atoms with Crippen LogP contribution in [0.2, 0.25) is 0 Å². The number of aromatic nitrogens is 3. The molecule has 1 fully saturated rings. The Balaban J connectivity index is 2.14. The van der Waals surface area contributed by atoms with Crippen LogP contribution < -0.4 is 5.73 Å². The Morgan fingerprint density at radius 1 is 1.75 bits per heavy atom. The highest BCUT2D eigenvalue weighted by molar-refractivity contribution is 5.07. The summed E-state index contributed by atoms with van der Waals surface area (Å²) < 4.78 is 1.76. The van der Waals surface area contributed by atoms with Gasteiger partial charge in [-0.15, -0.1) is 5.10 Å². The molecule has 0 radical (unpaired) electrons. The summed E-state index contributed by atoms with van der Waals surface area (Å²) >= 11 is 0. The predicted molar refractivity (Wildman–Crippen MR) is 45.2 cm³/mol. The van der Waals surface area contributed by atoms with Crippen molar-refractivity contribution in [2.24, 2.45) is 24.6 Å². The van der Waals surface area contributed by atoms with Crippen LogP contribution in [0.1, 0.15) is 25.1 Å². The molecule has 1 aromatic heterocycles. The normalized spacial score (nSPS) is 30.2. The second-order valence-electron chi connectivity index (χ2n) is 3.69. The predicted octanol–water partition coefficient (Wildman–Crippen LogP) is 0.471. The highest BCUT2D eigenvalue weighted by Crippen LogP contribution is 2.45. The summed E-state index contributed by atoms with van der Waals surface area (Å²) in [6.07, 6.45) is 3.00. The van der Waals surface area contributed by atoms with Crippen LogP contribution in [0, 0.1) is 11.8 Å². The van der Waals surface area contributed by atoms with Gasteiger partial charge in [-0.1, -0.05) is 12.1 Å². The maximum atomic E-state index is 6.04. The Labute approximate surface area is 71.8 Å². The third-order valence-electron chi connectivity index (χ3n) is 2.72. The van der Waals surface area contributed by atoms with Crippen molar-refractivity contribution in [3.63, 3.8) is 0 Å². The Hall–Kier alpha value is -0.900. The van der Waals surface area contributed by atoms with Crippen LogP contribution in [0.3, 0.4) is 0 Å². The molecular formula is C8H14N4. The largest absolute Gasteiger partial charge is 0.322 e. The number of hydrogen-bond donors (Lipinski definition) is 1. The highest BCUT2D eigenvalue weighted by Gasteiger charge is 2.39. The Morgan fingerprint density at radius 2 is 2.42 bits per heavy atom. The molecule has 0 saturated heterocycles. The first-order chi connectivity index (χ1) is 5.70. The first kappa shape index (κ1) is 7.73. The summed E-state index contributed by atoms with van der Waals surface area (Å²) in [5.74, 6) is 1.41. The molecule has 0 aliphatic heterocycles. The minimum atomic E-state index is 0.125. The molecule has 3 atom stereocenters. The van der Waals surface area contributed by atoms with Crippen molar-refractivity contribution in [1.82, 2.24) is 15.0 Å². The number of aryl methyl sites for hydroxylation is 1. The lowest BCUT2D eigenvalue weighted by molar-refractivity contribution is 0.538. The lowest BCUT2D eigenvalue weighted by Crippen LogP contribution is -2.17. The molecule has 1 heterocycles. The first-order valence-electron chi connectivity index (χ1n) is 4.30. The summed E-state index contributed by atoms with van der Waals surface area (Å²) in [4.78, 5) is 0. The molecule has 1 aliphatic rings. The van der Waals surface area contributed by atoms with Gasteiger partial charge in [0.1, 0.15) is 0 Å². The molecule has 4 nitrogen and oxygen atoms in total. The fourth-order valence-corrected chi connectivity index (χ4v) is 1.67. The Kier molecular flexibility index (Phi) is 1.65. The van der Waals surface area contributed by atoms with E-state index in [0.29, 0.717) is 5.92 Å². The first-order valence-corrected chi connectivity index (χ1v) is 4.30.